The van der Waals surface area contributed by atoms with E-state index in [1.807, 2.05) is 33.8 Å². The third-order valence-corrected chi connectivity index (χ3v) is 6.65. The first-order chi connectivity index (χ1) is 12.2. The number of Topliss-reactive ketones (excluding diaryl/α,β-unsaturated/α-hetero) is 1. The number of carbonyl (C=O) groups is 1. The van der Waals surface area contributed by atoms with Crippen molar-refractivity contribution in [1.82, 2.24) is 10.3 Å². The summed E-state index contributed by atoms with van der Waals surface area (Å²) in [7, 11) is -0.479. The van der Waals surface area contributed by atoms with E-state index < -0.39 is 18.3 Å². The number of piperidine rings is 2. The summed E-state index contributed by atoms with van der Waals surface area (Å²) in [5.41, 5.74) is 0.708. The van der Waals surface area contributed by atoms with E-state index in [2.05, 4.69) is 10.3 Å². The summed E-state index contributed by atoms with van der Waals surface area (Å²) in [5, 5.41) is 3.66. The fourth-order valence-electron chi connectivity index (χ4n) is 4.42. The zero-order valence-corrected chi connectivity index (χ0v) is 16.2. The van der Waals surface area contributed by atoms with Gasteiger partial charge in [0.1, 0.15) is 0 Å². The van der Waals surface area contributed by atoms with Gasteiger partial charge in [-0.1, -0.05) is 6.42 Å². The lowest BCUT2D eigenvalue weighted by molar-refractivity contribution is 0.00578. The predicted octanol–water partition coefficient (Wildman–Crippen LogP) is 2.48. The Hall–Kier alpha value is -1.24. The lowest BCUT2D eigenvalue weighted by Gasteiger charge is -2.39. The molecule has 6 heteroatoms. The molecule has 2 bridgehead atoms. The molecule has 0 saturated carbocycles. The van der Waals surface area contributed by atoms with Gasteiger partial charge in [-0.25, -0.2) is 0 Å². The molecule has 1 aromatic heterocycles. The van der Waals surface area contributed by atoms with Gasteiger partial charge in [0.2, 0.25) is 0 Å². The van der Waals surface area contributed by atoms with Crippen LogP contribution in [0.4, 0.5) is 0 Å². The molecule has 0 aromatic carbocycles. The molecule has 4 heterocycles. The summed E-state index contributed by atoms with van der Waals surface area (Å²) in [4.78, 5) is 17.4. The topological polar surface area (TPSA) is 60.5 Å². The summed E-state index contributed by atoms with van der Waals surface area (Å²) >= 11 is 0. The van der Waals surface area contributed by atoms with Crippen LogP contribution in [0.15, 0.2) is 18.5 Å². The van der Waals surface area contributed by atoms with Gasteiger partial charge in [-0.15, -0.1) is 0 Å². The van der Waals surface area contributed by atoms with Crippen LogP contribution in [0.25, 0.3) is 0 Å². The molecule has 4 rings (SSSR count). The van der Waals surface area contributed by atoms with Gasteiger partial charge in [-0.05, 0) is 59.4 Å². The highest BCUT2D eigenvalue weighted by molar-refractivity contribution is 6.62. The number of ketones is 1. The molecule has 5 nitrogen and oxygen atoms in total. The molecule has 0 radical (unpaired) electrons. The molecule has 0 spiro atoms. The molecule has 2 atom stereocenters. The van der Waals surface area contributed by atoms with E-state index in [1.54, 1.807) is 12.4 Å². The van der Waals surface area contributed by atoms with Crippen LogP contribution in [-0.4, -0.2) is 41.2 Å². The normalized spacial score (nSPS) is 32.5. The summed E-state index contributed by atoms with van der Waals surface area (Å²) in [6.45, 7) is 8.12. The number of nitrogens with one attached hydrogen (secondary N) is 1. The standard InChI is InChI=1S/C20H29BN2O3/c1-19(2)20(3,4)26-21(25-19)15-8-14(11-22-12-15)18(24)13-9-16-6-5-7-17(10-13)23-16/h8,11-13,16-17,23H,5-7,9-10H2,1-4H3. The molecular weight excluding hydrogens is 327 g/mol. The highest BCUT2D eigenvalue weighted by Crippen LogP contribution is 2.36. The number of pyridine rings is 1. The minimum absolute atomic E-state index is 0.0990. The lowest BCUT2D eigenvalue weighted by Crippen LogP contribution is -2.50. The first kappa shape index (κ1) is 18.1. The maximum absolute atomic E-state index is 13.1. The van der Waals surface area contributed by atoms with Crippen molar-refractivity contribution in [3.63, 3.8) is 0 Å². The molecule has 1 aromatic rings. The SMILES string of the molecule is CC1(C)OB(c2cncc(C(=O)C3CC4CCCC(C3)N4)c2)OC1(C)C. The van der Waals surface area contributed by atoms with Crippen molar-refractivity contribution in [3.8, 4) is 0 Å². The van der Waals surface area contributed by atoms with Gasteiger partial charge in [0.25, 0.3) is 0 Å². The van der Waals surface area contributed by atoms with Crippen molar-refractivity contribution in [2.45, 2.75) is 83.1 Å². The maximum Gasteiger partial charge on any atom is 0.496 e. The summed E-state index contributed by atoms with van der Waals surface area (Å²) in [5.74, 6) is 0.316. The van der Waals surface area contributed by atoms with E-state index in [0.717, 1.165) is 18.3 Å². The number of aromatic nitrogens is 1. The zero-order valence-electron chi connectivity index (χ0n) is 16.2. The number of hydrogen-bond acceptors (Lipinski definition) is 5. The van der Waals surface area contributed by atoms with Crippen LogP contribution in [-0.2, 0) is 9.31 Å². The summed E-state index contributed by atoms with van der Waals surface area (Å²) in [6.07, 6.45) is 8.97. The molecule has 0 aliphatic carbocycles. The number of fused-ring (bicyclic) bond motifs is 2. The maximum atomic E-state index is 13.1. The van der Waals surface area contributed by atoms with E-state index in [1.165, 1.54) is 19.3 Å². The number of carbonyl (C=O) groups excluding carboxylic acids is 1. The molecule has 3 aliphatic heterocycles. The van der Waals surface area contributed by atoms with Gasteiger partial charge in [0.15, 0.2) is 5.78 Å². The van der Waals surface area contributed by atoms with Gasteiger partial charge in [0, 0.05) is 41.4 Å². The Morgan fingerprint density at radius 2 is 1.73 bits per heavy atom. The predicted molar refractivity (Wildman–Crippen MR) is 102 cm³/mol. The average molecular weight is 356 g/mol. The first-order valence-corrected chi connectivity index (χ1v) is 9.86. The number of hydrogen-bond donors (Lipinski definition) is 1. The van der Waals surface area contributed by atoms with Crippen molar-refractivity contribution in [2.75, 3.05) is 0 Å². The van der Waals surface area contributed by atoms with Crippen LogP contribution >= 0.6 is 0 Å². The summed E-state index contributed by atoms with van der Waals surface area (Å²) < 4.78 is 12.2. The fourth-order valence-corrected chi connectivity index (χ4v) is 4.42. The molecule has 3 aliphatic rings. The second-order valence-electron chi connectivity index (χ2n) is 9.12. The quantitative estimate of drug-likeness (QED) is 0.666. The molecule has 26 heavy (non-hydrogen) atoms. The summed E-state index contributed by atoms with van der Waals surface area (Å²) in [6, 6.07) is 2.90. The monoisotopic (exact) mass is 356 g/mol. The van der Waals surface area contributed by atoms with Crippen molar-refractivity contribution in [3.05, 3.63) is 24.0 Å². The van der Waals surface area contributed by atoms with Gasteiger partial charge in [0.05, 0.1) is 11.2 Å². The first-order valence-electron chi connectivity index (χ1n) is 9.86. The molecule has 3 saturated heterocycles. The molecule has 140 valence electrons. The second kappa shape index (κ2) is 6.43. The Kier molecular flexibility index (Phi) is 4.49. The Bertz CT molecular complexity index is 678. The average Bonchev–Trinajstić information content (AvgIpc) is 2.82. The highest BCUT2D eigenvalue weighted by atomic mass is 16.7. The third kappa shape index (κ3) is 3.23. The van der Waals surface area contributed by atoms with Crippen LogP contribution < -0.4 is 10.8 Å². The van der Waals surface area contributed by atoms with Crippen molar-refractivity contribution >= 4 is 18.4 Å². The van der Waals surface area contributed by atoms with E-state index in [-0.39, 0.29) is 11.7 Å². The Labute approximate surface area is 156 Å². The molecule has 0 amide bonds. The van der Waals surface area contributed by atoms with Gasteiger partial charge in [-0.2, -0.15) is 0 Å². The van der Waals surface area contributed by atoms with Gasteiger partial charge < -0.3 is 14.6 Å². The van der Waals surface area contributed by atoms with Crippen LogP contribution in [0.1, 0.15) is 70.2 Å². The molecule has 1 N–H and O–H groups in total. The Balaban J connectivity index is 1.52. The van der Waals surface area contributed by atoms with Crippen LogP contribution in [0.3, 0.4) is 0 Å². The largest absolute Gasteiger partial charge is 0.496 e. The van der Waals surface area contributed by atoms with Crippen molar-refractivity contribution < 1.29 is 14.1 Å². The van der Waals surface area contributed by atoms with Crippen molar-refractivity contribution in [1.29, 1.82) is 0 Å². The fraction of sp³-hybridized carbons (Fsp3) is 0.700. The smallest absolute Gasteiger partial charge is 0.399 e. The van der Waals surface area contributed by atoms with E-state index in [9.17, 15) is 4.79 Å². The van der Waals surface area contributed by atoms with E-state index in [0.29, 0.717) is 17.6 Å². The Morgan fingerprint density at radius 3 is 2.35 bits per heavy atom. The highest BCUT2D eigenvalue weighted by Gasteiger charge is 2.52. The lowest BCUT2D eigenvalue weighted by atomic mass is 9.75. The third-order valence-electron chi connectivity index (χ3n) is 6.65. The van der Waals surface area contributed by atoms with Gasteiger partial charge in [-0.3, -0.25) is 9.78 Å². The van der Waals surface area contributed by atoms with Crippen LogP contribution in [0.5, 0.6) is 0 Å². The minimum atomic E-state index is -0.479. The number of nitrogens with zero attached hydrogens (tertiary/aromatic N) is 1. The second-order valence-corrected chi connectivity index (χ2v) is 9.12. The van der Waals surface area contributed by atoms with Crippen LogP contribution in [0, 0.1) is 5.92 Å². The zero-order chi connectivity index (χ0) is 18.5. The van der Waals surface area contributed by atoms with E-state index >= 15 is 0 Å². The van der Waals surface area contributed by atoms with Crippen molar-refractivity contribution in [2.24, 2.45) is 5.92 Å². The molecule has 3 fully saturated rings. The molecular formula is C20H29BN2O3. The van der Waals surface area contributed by atoms with E-state index in [4.69, 9.17) is 9.31 Å². The Morgan fingerprint density at radius 1 is 1.12 bits per heavy atom. The molecule has 2 unspecified atom stereocenters. The van der Waals surface area contributed by atoms with Gasteiger partial charge >= 0.3 is 7.12 Å². The number of rotatable bonds is 3. The minimum Gasteiger partial charge on any atom is -0.399 e. The van der Waals surface area contributed by atoms with Crippen LogP contribution in [0.2, 0.25) is 0 Å².